The van der Waals surface area contributed by atoms with Gasteiger partial charge in [0.25, 0.3) is 5.91 Å². The second-order valence-corrected chi connectivity index (χ2v) is 9.22. The highest BCUT2D eigenvalue weighted by Crippen LogP contribution is 2.30. The van der Waals surface area contributed by atoms with Crippen molar-refractivity contribution in [1.29, 1.82) is 0 Å². The molecular weight excluding hydrogens is 530 g/mol. The van der Waals surface area contributed by atoms with E-state index in [-0.39, 0.29) is 17.4 Å². The summed E-state index contributed by atoms with van der Waals surface area (Å²) in [6.07, 6.45) is 0. The number of para-hydroxylation sites is 2. The normalized spacial score (nSPS) is 11.3. The molecule has 2 N–H and O–H groups in total. The van der Waals surface area contributed by atoms with Crippen LogP contribution >= 0.6 is 27.7 Å². The van der Waals surface area contributed by atoms with E-state index >= 15 is 0 Å². The fraction of sp³-hybridized carbons (Fsp3) is 0.120. The van der Waals surface area contributed by atoms with Crippen LogP contribution in [-0.4, -0.2) is 44.4 Å². The van der Waals surface area contributed by atoms with E-state index in [1.807, 2.05) is 59.2 Å². The zero-order valence-electron chi connectivity index (χ0n) is 19.0. The van der Waals surface area contributed by atoms with Crippen LogP contribution in [-0.2, 0) is 4.79 Å². The van der Waals surface area contributed by atoms with Crippen LogP contribution in [0.3, 0.4) is 0 Å². The van der Waals surface area contributed by atoms with E-state index < -0.39 is 0 Å². The standard InChI is InChI=1S/C25H22BrN5O3S/c1-16(20-9-6-10-21(34-2)23(20)33)27-28-22(32)15-35-25-30-29-24(17-11-13-18(26)14-12-17)31(25)19-7-4-3-5-8-19/h3-14,33H,15H2,1-2H3,(H,28,32)/b27-16+. The second-order valence-electron chi connectivity index (χ2n) is 7.36. The number of nitrogens with one attached hydrogen (secondary N) is 1. The number of phenolic OH excluding ortho intramolecular Hbond substituents is 1. The van der Waals surface area contributed by atoms with Crippen LogP contribution in [0.15, 0.2) is 87.5 Å². The average molecular weight is 552 g/mol. The van der Waals surface area contributed by atoms with Gasteiger partial charge in [0.15, 0.2) is 22.5 Å². The summed E-state index contributed by atoms with van der Waals surface area (Å²) < 4.78 is 8.01. The summed E-state index contributed by atoms with van der Waals surface area (Å²) in [5.74, 6) is 0.738. The first-order valence-electron chi connectivity index (χ1n) is 10.6. The third kappa shape index (κ3) is 5.72. The molecular formula is C25H22BrN5O3S. The Morgan fingerprint density at radius 1 is 1.09 bits per heavy atom. The lowest BCUT2D eigenvalue weighted by atomic mass is 10.1. The van der Waals surface area contributed by atoms with Gasteiger partial charge in [0.1, 0.15) is 0 Å². The first-order chi connectivity index (χ1) is 17.0. The minimum Gasteiger partial charge on any atom is -0.504 e. The van der Waals surface area contributed by atoms with Gasteiger partial charge >= 0.3 is 0 Å². The molecule has 10 heteroatoms. The number of methoxy groups -OCH3 is 1. The van der Waals surface area contributed by atoms with Gasteiger partial charge in [-0.25, -0.2) is 5.43 Å². The number of aromatic nitrogens is 3. The minimum atomic E-state index is -0.315. The molecule has 0 aliphatic heterocycles. The highest BCUT2D eigenvalue weighted by Gasteiger charge is 2.17. The molecule has 4 aromatic rings. The van der Waals surface area contributed by atoms with Gasteiger partial charge in [0.05, 0.1) is 18.6 Å². The zero-order valence-corrected chi connectivity index (χ0v) is 21.4. The molecule has 0 bridgehead atoms. The van der Waals surface area contributed by atoms with Gasteiger partial charge in [-0.1, -0.05) is 64.1 Å². The molecule has 4 rings (SSSR count). The molecule has 0 atom stereocenters. The van der Waals surface area contributed by atoms with E-state index in [0.717, 1.165) is 15.7 Å². The molecule has 1 heterocycles. The van der Waals surface area contributed by atoms with E-state index in [4.69, 9.17) is 4.74 Å². The number of carbonyl (C=O) groups is 1. The topological polar surface area (TPSA) is 102 Å². The summed E-state index contributed by atoms with van der Waals surface area (Å²) in [7, 11) is 1.47. The molecule has 0 unspecified atom stereocenters. The quantitative estimate of drug-likeness (QED) is 0.180. The van der Waals surface area contributed by atoms with Crippen LogP contribution in [0, 0.1) is 0 Å². The number of carbonyl (C=O) groups excluding carboxylic acids is 1. The Bertz CT molecular complexity index is 1360. The van der Waals surface area contributed by atoms with Crippen molar-refractivity contribution in [3.05, 3.63) is 82.8 Å². The van der Waals surface area contributed by atoms with E-state index in [2.05, 4.69) is 36.7 Å². The first kappa shape index (κ1) is 24.5. The molecule has 1 aromatic heterocycles. The third-order valence-electron chi connectivity index (χ3n) is 5.04. The number of nitrogens with zero attached hydrogens (tertiary/aromatic N) is 4. The molecule has 0 aliphatic carbocycles. The number of aromatic hydroxyl groups is 1. The van der Waals surface area contributed by atoms with Crippen molar-refractivity contribution in [3.8, 4) is 28.6 Å². The Balaban J connectivity index is 1.51. The fourth-order valence-corrected chi connectivity index (χ4v) is 4.32. The van der Waals surface area contributed by atoms with Crippen LogP contribution in [0.1, 0.15) is 12.5 Å². The molecule has 178 valence electrons. The monoisotopic (exact) mass is 551 g/mol. The van der Waals surface area contributed by atoms with E-state index in [1.54, 1.807) is 25.1 Å². The van der Waals surface area contributed by atoms with Crippen LogP contribution in [0.2, 0.25) is 0 Å². The van der Waals surface area contributed by atoms with Crippen LogP contribution < -0.4 is 10.2 Å². The minimum absolute atomic E-state index is 0.0312. The number of hydrazone groups is 1. The van der Waals surface area contributed by atoms with Crippen molar-refractivity contribution in [1.82, 2.24) is 20.2 Å². The SMILES string of the molecule is COc1cccc(/C(C)=N/NC(=O)CSc2nnc(-c3ccc(Br)cc3)n2-c2ccccc2)c1O. The van der Waals surface area contributed by atoms with Crippen LogP contribution in [0.4, 0.5) is 0 Å². The summed E-state index contributed by atoms with van der Waals surface area (Å²) in [5, 5.41) is 23.7. The molecule has 3 aromatic carbocycles. The number of ether oxygens (including phenoxy) is 1. The van der Waals surface area contributed by atoms with Crippen molar-refractivity contribution in [2.24, 2.45) is 5.10 Å². The lowest BCUT2D eigenvalue weighted by Crippen LogP contribution is -2.21. The number of rotatable bonds is 8. The summed E-state index contributed by atoms with van der Waals surface area (Å²) in [4.78, 5) is 12.5. The van der Waals surface area contributed by atoms with Crippen molar-refractivity contribution in [3.63, 3.8) is 0 Å². The highest BCUT2D eigenvalue weighted by molar-refractivity contribution is 9.10. The van der Waals surface area contributed by atoms with Gasteiger partial charge in [-0.2, -0.15) is 5.10 Å². The van der Waals surface area contributed by atoms with Crippen molar-refractivity contribution in [2.45, 2.75) is 12.1 Å². The predicted octanol–water partition coefficient (Wildman–Crippen LogP) is 5.04. The molecule has 8 nitrogen and oxygen atoms in total. The van der Waals surface area contributed by atoms with E-state index in [0.29, 0.717) is 28.0 Å². The number of halogens is 1. The summed E-state index contributed by atoms with van der Waals surface area (Å²) in [5.41, 5.74) is 5.25. The van der Waals surface area contributed by atoms with Crippen molar-refractivity contribution < 1.29 is 14.6 Å². The Morgan fingerprint density at radius 2 is 1.83 bits per heavy atom. The maximum absolute atomic E-state index is 12.5. The molecule has 0 spiro atoms. The van der Waals surface area contributed by atoms with Gasteiger partial charge in [0.2, 0.25) is 0 Å². The number of thioether (sulfide) groups is 1. The van der Waals surface area contributed by atoms with Crippen molar-refractivity contribution in [2.75, 3.05) is 12.9 Å². The Kier molecular flexibility index (Phi) is 7.84. The first-order valence-corrected chi connectivity index (χ1v) is 12.3. The number of hydrogen-bond donors (Lipinski definition) is 2. The van der Waals surface area contributed by atoms with Gasteiger partial charge in [-0.3, -0.25) is 9.36 Å². The summed E-state index contributed by atoms with van der Waals surface area (Å²) in [6.45, 7) is 1.69. The number of amides is 1. The Morgan fingerprint density at radius 3 is 2.54 bits per heavy atom. The third-order valence-corrected chi connectivity index (χ3v) is 6.50. The smallest absolute Gasteiger partial charge is 0.250 e. The van der Waals surface area contributed by atoms with E-state index in [1.165, 1.54) is 18.9 Å². The Hall–Kier alpha value is -3.63. The van der Waals surface area contributed by atoms with E-state index in [9.17, 15) is 9.90 Å². The van der Waals surface area contributed by atoms with Gasteiger partial charge < -0.3 is 9.84 Å². The lowest BCUT2D eigenvalue weighted by Gasteiger charge is -2.10. The van der Waals surface area contributed by atoms with Crippen LogP contribution in [0.25, 0.3) is 17.1 Å². The predicted molar refractivity (Wildman–Crippen MR) is 140 cm³/mol. The highest BCUT2D eigenvalue weighted by atomic mass is 79.9. The van der Waals surface area contributed by atoms with Crippen molar-refractivity contribution >= 4 is 39.3 Å². The fourth-order valence-electron chi connectivity index (χ4n) is 3.31. The summed E-state index contributed by atoms with van der Waals surface area (Å²) in [6, 6.07) is 22.6. The number of benzene rings is 3. The number of phenols is 1. The van der Waals surface area contributed by atoms with Crippen LogP contribution in [0.5, 0.6) is 11.5 Å². The largest absolute Gasteiger partial charge is 0.504 e. The molecule has 0 saturated carbocycles. The molecule has 0 fully saturated rings. The molecule has 1 amide bonds. The Labute approximate surface area is 215 Å². The molecule has 0 radical (unpaired) electrons. The summed E-state index contributed by atoms with van der Waals surface area (Å²) >= 11 is 4.71. The molecule has 0 aliphatic rings. The van der Waals surface area contributed by atoms with Gasteiger partial charge in [-0.05, 0) is 43.3 Å². The zero-order chi connectivity index (χ0) is 24.8. The maximum atomic E-state index is 12.5. The molecule has 0 saturated heterocycles. The number of hydrogen-bond acceptors (Lipinski definition) is 7. The van der Waals surface area contributed by atoms with Gasteiger partial charge in [0, 0.05) is 21.3 Å². The van der Waals surface area contributed by atoms with Gasteiger partial charge in [-0.15, -0.1) is 10.2 Å². The maximum Gasteiger partial charge on any atom is 0.250 e. The average Bonchev–Trinajstić information content (AvgIpc) is 3.31. The molecule has 35 heavy (non-hydrogen) atoms. The second kappa shape index (κ2) is 11.2. The lowest BCUT2D eigenvalue weighted by molar-refractivity contribution is -0.118.